The number of carboxylic acid groups (broad SMARTS) is 1. The fourth-order valence-corrected chi connectivity index (χ4v) is 3.88. The van der Waals surface area contributed by atoms with Gasteiger partial charge in [0.15, 0.2) is 0 Å². The Morgan fingerprint density at radius 2 is 1.70 bits per heavy atom. The predicted octanol–water partition coefficient (Wildman–Crippen LogP) is 0.972. The van der Waals surface area contributed by atoms with Crippen molar-refractivity contribution in [1.29, 1.82) is 0 Å². The van der Waals surface area contributed by atoms with Gasteiger partial charge in [-0.1, -0.05) is 24.3 Å². The molecule has 0 aliphatic heterocycles. The van der Waals surface area contributed by atoms with Crippen LogP contribution in [0.2, 0.25) is 0 Å². The molecule has 2 aromatic rings. The van der Waals surface area contributed by atoms with E-state index in [4.69, 9.17) is 4.74 Å². The van der Waals surface area contributed by atoms with Crippen molar-refractivity contribution in [2.24, 2.45) is 0 Å². The summed E-state index contributed by atoms with van der Waals surface area (Å²) in [6, 6.07) is 14.3. The Bertz CT molecular complexity index is 876. The summed E-state index contributed by atoms with van der Waals surface area (Å²) in [5, 5.41) is 11.0. The van der Waals surface area contributed by atoms with Gasteiger partial charge < -0.3 is 19.1 Å². The summed E-state index contributed by atoms with van der Waals surface area (Å²) in [4.78, 5) is 11.0. The smallest absolute Gasteiger partial charge is 0.241 e. The van der Waals surface area contributed by atoms with E-state index >= 15 is 0 Å². The first-order valence-corrected chi connectivity index (χ1v) is 9.89. The molecule has 8 heteroatoms. The number of sulfonamides is 1. The number of hydrogen-bond donors (Lipinski definition) is 1. The largest absolute Gasteiger partial charge is 0.550 e. The molecule has 7 nitrogen and oxygen atoms in total. The molecule has 0 radical (unpaired) electrons. The Morgan fingerprint density at radius 3 is 2.30 bits per heavy atom. The number of aliphatic carboxylic acids is 1. The van der Waals surface area contributed by atoms with Crippen LogP contribution in [0.3, 0.4) is 0 Å². The average Bonchev–Trinajstić information content (AvgIpc) is 2.53. The monoisotopic (exact) mass is 392 g/mol. The van der Waals surface area contributed by atoms with Crippen LogP contribution < -0.4 is 14.6 Å². The fourth-order valence-electron chi connectivity index (χ4n) is 2.62. The van der Waals surface area contributed by atoms with Crippen LogP contribution in [0.15, 0.2) is 59.5 Å². The molecule has 0 saturated carbocycles. The maximum absolute atomic E-state index is 12.7. The summed E-state index contributed by atoms with van der Waals surface area (Å²) in [7, 11) is 1.63. The topological polar surface area (TPSA) is 95.5 Å². The lowest BCUT2D eigenvalue weighted by molar-refractivity contribution is -0.871. The Labute approximate surface area is 159 Å². The van der Waals surface area contributed by atoms with E-state index in [1.54, 1.807) is 24.3 Å². The third-order valence-electron chi connectivity index (χ3n) is 3.60. The summed E-state index contributed by atoms with van der Waals surface area (Å²) in [5.74, 6) is -0.357. The SMILES string of the molecule is C[N+](C)(C)C[C@@H](CC(=O)[O-])NS(=O)(=O)c1cccc(Oc2ccccc2)c1. The van der Waals surface area contributed by atoms with Crippen LogP contribution in [0.1, 0.15) is 6.42 Å². The summed E-state index contributed by atoms with van der Waals surface area (Å²) in [6.45, 7) is 0.299. The Balaban J connectivity index is 2.21. The Morgan fingerprint density at radius 1 is 1.07 bits per heavy atom. The molecule has 0 aliphatic carbocycles. The highest BCUT2D eigenvalue weighted by atomic mass is 32.2. The molecule has 2 aromatic carbocycles. The van der Waals surface area contributed by atoms with Crippen LogP contribution in [-0.4, -0.2) is 52.6 Å². The van der Waals surface area contributed by atoms with Gasteiger partial charge in [0.05, 0.1) is 38.6 Å². The second kappa shape index (κ2) is 8.51. The quantitative estimate of drug-likeness (QED) is 0.642. The Kier molecular flexibility index (Phi) is 6.59. The maximum atomic E-state index is 12.7. The molecular weight excluding hydrogens is 368 g/mol. The summed E-state index contributed by atoms with van der Waals surface area (Å²) >= 11 is 0. The number of carboxylic acids is 1. The van der Waals surface area contributed by atoms with E-state index in [1.807, 2.05) is 39.3 Å². The van der Waals surface area contributed by atoms with Crippen molar-refractivity contribution in [2.45, 2.75) is 17.4 Å². The van der Waals surface area contributed by atoms with Crippen LogP contribution in [0.4, 0.5) is 0 Å². The van der Waals surface area contributed by atoms with Gasteiger partial charge in [-0.2, -0.15) is 0 Å². The van der Waals surface area contributed by atoms with Gasteiger partial charge in [-0.3, -0.25) is 0 Å². The van der Waals surface area contributed by atoms with Gasteiger partial charge in [-0.25, -0.2) is 13.1 Å². The number of carbonyl (C=O) groups is 1. The van der Waals surface area contributed by atoms with Gasteiger partial charge in [0.1, 0.15) is 11.5 Å². The number of rotatable bonds is 9. The van der Waals surface area contributed by atoms with E-state index in [0.29, 0.717) is 22.5 Å². The van der Waals surface area contributed by atoms with Crippen LogP contribution in [0, 0.1) is 0 Å². The molecular formula is C19H24N2O5S. The van der Waals surface area contributed by atoms with Crippen molar-refractivity contribution in [3.8, 4) is 11.5 Å². The second-order valence-electron chi connectivity index (χ2n) is 7.26. The minimum absolute atomic E-state index is 0.000637. The van der Waals surface area contributed by atoms with Crippen LogP contribution in [-0.2, 0) is 14.8 Å². The third kappa shape index (κ3) is 7.01. The van der Waals surface area contributed by atoms with Crippen molar-refractivity contribution in [3.63, 3.8) is 0 Å². The van der Waals surface area contributed by atoms with Crippen molar-refractivity contribution >= 4 is 16.0 Å². The van der Waals surface area contributed by atoms with Gasteiger partial charge in [0.2, 0.25) is 10.0 Å². The predicted molar refractivity (Wildman–Crippen MR) is 99.6 cm³/mol. The normalized spacial score (nSPS) is 13.1. The molecule has 0 unspecified atom stereocenters. The van der Waals surface area contributed by atoms with Crippen molar-refractivity contribution in [1.82, 2.24) is 4.72 Å². The molecule has 0 heterocycles. The first kappa shape index (κ1) is 20.9. The summed E-state index contributed by atoms with van der Waals surface area (Å²) in [5.41, 5.74) is 0. The van der Waals surface area contributed by atoms with E-state index in [1.165, 1.54) is 12.1 Å². The minimum atomic E-state index is -3.92. The second-order valence-corrected chi connectivity index (χ2v) is 8.97. The molecule has 0 bridgehead atoms. The molecule has 1 N–H and O–H groups in total. The van der Waals surface area contributed by atoms with Crippen LogP contribution >= 0.6 is 0 Å². The highest BCUT2D eigenvalue weighted by Gasteiger charge is 2.25. The molecule has 0 fully saturated rings. The number of carbonyl (C=O) groups excluding carboxylic acids is 1. The van der Waals surface area contributed by atoms with Gasteiger partial charge in [0.25, 0.3) is 0 Å². The fraction of sp³-hybridized carbons (Fsp3) is 0.316. The zero-order valence-electron chi connectivity index (χ0n) is 15.6. The summed E-state index contributed by atoms with van der Waals surface area (Å²) < 4.78 is 34.0. The average molecular weight is 392 g/mol. The highest BCUT2D eigenvalue weighted by molar-refractivity contribution is 7.89. The van der Waals surface area contributed by atoms with Gasteiger partial charge in [-0.15, -0.1) is 0 Å². The number of nitrogens with zero attached hydrogens (tertiary/aromatic N) is 1. The molecule has 146 valence electrons. The zero-order valence-corrected chi connectivity index (χ0v) is 16.4. The molecule has 0 spiro atoms. The summed E-state index contributed by atoms with van der Waals surface area (Å²) in [6.07, 6.45) is -0.408. The number of para-hydroxylation sites is 1. The van der Waals surface area contributed by atoms with Crippen molar-refractivity contribution in [2.75, 3.05) is 27.7 Å². The first-order chi connectivity index (χ1) is 12.5. The highest BCUT2D eigenvalue weighted by Crippen LogP contribution is 2.24. The number of hydrogen-bond acceptors (Lipinski definition) is 5. The molecule has 0 aromatic heterocycles. The molecule has 0 amide bonds. The van der Waals surface area contributed by atoms with Crippen molar-refractivity contribution < 1.29 is 27.5 Å². The minimum Gasteiger partial charge on any atom is -0.550 e. The lowest BCUT2D eigenvalue weighted by atomic mass is 10.2. The number of nitrogens with one attached hydrogen (secondary N) is 1. The lowest BCUT2D eigenvalue weighted by Gasteiger charge is -2.29. The molecule has 0 saturated heterocycles. The maximum Gasteiger partial charge on any atom is 0.241 e. The van der Waals surface area contributed by atoms with Gasteiger partial charge in [-0.05, 0) is 24.3 Å². The van der Waals surface area contributed by atoms with E-state index in [9.17, 15) is 18.3 Å². The van der Waals surface area contributed by atoms with E-state index < -0.39 is 28.5 Å². The molecule has 27 heavy (non-hydrogen) atoms. The van der Waals surface area contributed by atoms with Crippen molar-refractivity contribution in [3.05, 3.63) is 54.6 Å². The first-order valence-electron chi connectivity index (χ1n) is 8.41. The third-order valence-corrected chi connectivity index (χ3v) is 5.12. The number of quaternary nitrogens is 1. The van der Waals surface area contributed by atoms with Crippen LogP contribution in [0.25, 0.3) is 0 Å². The molecule has 2 rings (SSSR count). The van der Waals surface area contributed by atoms with Crippen LogP contribution in [0.5, 0.6) is 11.5 Å². The molecule has 1 atom stereocenters. The molecule has 0 aliphatic rings. The number of likely N-dealkylation sites (N-methyl/N-ethyl adjacent to an activating group) is 1. The Hall–Kier alpha value is -2.42. The van der Waals surface area contributed by atoms with E-state index in [-0.39, 0.29) is 4.90 Å². The number of ether oxygens (including phenoxy) is 1. The van der Waals surface area contributed by atoms with E-state index in [0.717, 1.165) is 0 Å². The van der Waals surface area contributed by atoms with Gasteiger partial charge >= 0.3 is 0 Å². The van der Waals surface area contributed by atoms with E-state index in [2.05, 4.69) is 4.72 Å². The standard InChI is InChI=1S/C19H24N2O5S/c1-21(2,3)14-15(12-19(22)23)20-27(24,25)18-11-7-10-17(13-18)26-16-8-5-4-6-9-16/h4-11,13,15,20H,12,14H2,1-3H3/t15-/m1/s1. The number of benzene rings is 2. The lowest BCUT2D eigenvalue weighted by Crippen LogP contribution is -2.50. The van der Waals surface area contributed by atoms with Gasteiger partial charge in [0, 0.05) is 18.5 Å². The zero-order chi connectivity index (χ0) is 20.1.